The average molecular weight is 335 g/mol. The lowest BCUT2D eigenvalue weighted by atomic mass is 10.1. The summed E-state index contributed by atoms with van der Waals surface area (Å²) < 4.78 is 10.5. The molecule has 0 aromatic heterocycles. The summed E-state index contributed by atoms with van der Waals surface area (Å²) in [4.78, 5) is 23.7. The van der Waals surface area contributed by atoms with Crippen molar-refractivity contribution >= 4 is 11.9 Å². The van der Waals surface area contributed by atoms with E-state index in [1.165, 1.54) is 0 Å². The molecule has 0 spiro atoms. The molecule has 1 fully saturated rings. The van der Waals surface area contributed by atoms with Gasteiger partial charge in [0.25, 0.3) is 0 Å². The first-order valence-electron chi connectivity index (χ1n) is 8.17. The van der Waals surface area contributed by atoms with Gasteiger partial charge >= 0.3 is 6.03 Å². The van der Waals surface area contributed by atoms with Crippen LogP contribution >= 0.6 is 0 Å². The van der Waals surface area contributed by atoms with Crippen molar-refractivity contribution in [2.45, 2.75) is 31.7 Å². The van der Waals surface area contributed by atoms with Gasteiger partial charge in [0, 0.05) is 13.1 Å². The Labute approximate surface area is 142 Å². The molecule has 0 radical (unpaired) electrons. The summed E-state index contributed by atoms with van der Waals surface area (Å²) in [5.74, 6) is 1.23. The van der Waals surface area contributed by atoms with Crippen molar-refractivity contribution in [3.8, 4) is 11.5 Å². The molecule has 7 nitrogen and oxygen atoms in total. The number of urea groups is 1. The third kappa shape index (κ3) is 5.04. The quantitative estimate of drug-likeness (QED) is 0.729. The summed E-state index contributed by atoms with van der Waals surface area (Å²) in [5.41, 5.74) is 1.03. The summed E-state index contributed by atoms with van der Waals surface area (Å²) in [6, 6.07) is 4.88. The van der Waals surface area contributed by atoms with E-state index in [9.17, 15) is 9.59 Å². The van der Waals surface area contributed by atoms with Crippen LogP contribution in [0, 0.1) is 0 Å². The number of ether oxygens (including phenoxy) is 2. The van der Waals surface area contributed by atoms with Crippen LogP contribution in [0.15, 0.2) is 18.2 Å². The molecule has 1 aliphatic heterocycles. The van der Waals surface area contributed by atoms with Crippen LogP contribution in [0.4, 0.5) is 4.79 Å². The van der Waals surface area contributed by atoms with Gasteiger partial charge in [-0.25, -0.2) is 4.79 Å². The number of carbonyl (C=O) groups is 2. The van der Waals surface area contributed by atoms with Crippen LogP contribution in [0.3, 0.4) is 0 Å². The van der Waals surface area contributed by atoms with Crippen LogP contribution in [-0.2, 0) is 11.2 Å². The highest BCUT2D eigenvalue weighted by Gasteiger charge is 2.21. The minimum atomic E-state index is -0.450. The molecule has 7 heteroatoms. The number of carbonyl (C=O) groups excluding carboxylic acids is 2. The zero-order valence-electron chi connectivity index (χ0n) is 14.2. The molecule has 3 N–H and O–H groups in total. The predicted octanol–water partition coefficient (Wildman–Crippen LogP) is 1.21. The summed E-state index contributed by atoms with van der Waals surface area (Å²) in [7, 11) is 3.18. The van der Waals surface area contributed by atoms with Gasteiger partial charge in [-0.2, -0.15) is 0 Å². The lowest BCUT2D eigenvalue weighted by Gasteiger charge is -2.16. The van der Waals surface area contributed by atoms with Crippen LogP contribution in [0.25, 0.3) is 0 Å². The zero-order valence-corrected chi connectivity index (χ0v) is 14.2. The summed E-state index contributed by atoms with van der Waals surface area (Å²) in [6.45, 7) is 1.15. The molecule has 0 unspecified atom stereocenters. The van der Waals surface area contributed by atoms with E-state index in [0.29, 0.717) is 37.4 Å². The van der Waals surface area contributed by atoms with E-state index < -0.39 is 6.04 Å². The number of rotatable bonds is 6. The van der Waals surface area contributed by atoms with Gasteiger partial charge in [0.1, 0.15) is 6.04 Å². The summed E-state index contributed by atoms with van der Waals surface area (Å²) >= 11 is 0. The van der Waals surface area contributed by atoms with Gasteiger partial charge in [-0.05, 0) is 43.4 Å². The third-order valence-corrected chi connectivity index (χ3v) is 3.99. The fourth-order valence-corrected chi connectivity index (χ4v) is 2.64. The topological polar surface area (TPSA) is 88.7 Å². The molecule has 1 aromatic carbocycles. The van der Waals surface area contributed by atoms with Gasteiger partial charge in [-0.1, -0.05) is 6.07 Å². The Hall–Kier alpha value is -2.44. The number of methoxy groups -OCH3 is 2. The zero-order chi connectivity index (χ0) is 17.4. The monoisotopic (exact) mass is 335 g/mol. The molecular weight excluding hydrogens is 310 g/mol. The van der Waals surface area contributed by atoms with Crippen LogP contribution in [0.1, 0.15) is 24.8 Å². The molecule has 24 heavy (non-hydrogen) atoms. The number of hydrogen-bond acceptors (Lipinski definition) is 4. The Morgan fingerprint density at radius 1 is 1.25 bits per heavy atom. The van der Waals surface area contributed by atoms with Gasteiger partial charge in [-0.15, -0.1) is 0 Å². The first-order valence-corrected chi connectivity index (χ1v) is 8.17. The highest BCUT2D eigenvalue weighted by molar-refractivity contribution is 5.87. The molecule has 0 aliphatic carbocycles. The molecule has 0 bridgehead atoms. The second-order valence-electron chi connectivity index (χ2n) is 5.68. The van der Waals surface area contributed by atoms with Gasteiger partial charge in [0.05, 0.1) is 14.2 Å². The maximum atomic E-state index is 11.9. The molecule has 1 heterocycles. The fraction of sp³-hybridized carbons (Fsp3) is 0.529. The number of amides is 3. The van der Waals surface area contributed by atoms with Gasteiger partial charge in [0.2, 0.25) is 5.91 Å². The molecule has 0 saturated carbocycles. The normalized spacial score (nSPS) is 17.4. The maximum Gasteiger partial charge on any atom is 0.315 e. The van der Waals surface area contributed by atoms with E-state index in [1.807, 2.05) is 18.2 Å². The molecular formula is C17H25N3O4. The minimum Gasteiger partial charge on any atom is -0.493 e. The van der Waals surface area contributed by atoms with Crippen molar-refractivity contribution in [2.24, 2.45) is 0 Å². The first kappa shape index (κ1) is 17.9. The Kier molecular flexibility index (Phi) is 6.72. The minimum absolute atomic E-state index is 0.109. The van der Waals surface area contributed by atoms with E-state index in [0.717, 1.165) is 18.4 Å². The molecule has 2 rings (SSSR count). The van der Waals surface area contributed by atoms with E-state index in [1.54, 1.807) is 14.2 Å². The van der Waals surface area contributed by atoms with E-state index in [-0.39, 0.29) is 11.9 Å². The van der Waals surface area contributed by atoms with Crippen LogP contribution < -0.4 is 25.4 Å². The van der Waals surface area contributed by atoms with Crippen molar-refractivity contribution in [3.63, 3.8) is 0 Å². The van der Waals surface area contributed by atoms with Crippen molar-refractivity contribution in [1.82, 2.24) is 16.0 Å². The van der Waals surface area contributed by atoms with Crippen molar-refractivity contribution in [2.75, 3.05) is 27.3 Å². The van der Waals surface area contributed by atoms with Gasteiger partial charge in [0.15, 0.2) is 11.5 Å². The SMILES string of the molecule is COc1ccc(CCNC(=O)N[C@@H]2CCCCNC2=O)cc1OC. The van der Waals surface area contributed by atoms with Crippen LogP contribution in [0.2, 0.25) is 0 Å². The second kappa shape index (κ2) is 9.00. The van der Waals surface area contributed by atoms with Gasteiger partial charge in [-0.3, -0.25) is 4.79 Å². The summed E-state index contributed by atoms with van der Waals surface area (Å²) in [6.07, 6.45) is 3.21. The number of hydrogen-bond donors (Lipinski definition) is 3. The Morgan fingerprint density at radius 3 is 2.79 bits per heavy atom. The number of nitrogens with one attached hydrogen (secondary N) is 3. The molecule has 1 atom stereocenters. The maximum absolute atomic E-state index is 11.9. The lowest BCUT2D eigenvalue weighted by molar-refractivity contribution is -0.122. The van der Waals surface area contributed by atoms with Crippen molar-refractivity contribution in [3.05, 3.63) is 23.8 Å². The van der Waals surface area contributed by atoms with E-state index in [4.69, 9.17) is 9.47 Å². The smallest absolute Gasteiger partial charge is 0.315 e. The van der Waals surface area contributed by atoms with Crippen LogP contribution in [0.5, 0.6) is 11.5 Å². The molecule has 3 amide bonds. The van der Waals surface area contributed by atoms with Crippen molar-refractivity contribution in [1.29, 1.82) is 0 Å². The Morgan fingerprint density at radius 2 is 2.04 bits per heavy atom. The third-order valence-electron chi connectivity index (χ3n) is 3.99. The largest absolute Gasteiger partial charge is 0.493 e. The highest BCUT2D eigenvalue weighted by Crippen LogP contribution is 2.27. The first-order chi connectivity index (χ1) is 11.6. The Bertz CT molecular complexity index is 577. The average Bonchev–Trinajstić information content (AvgIpc) is 2.79. The predicted molar refractivity (Wildman–Crippen MR) is 90.4 cm³/mol. The standard InChI is InChI=1S/C17H25N3O4/c1-23-14-7-6-12(11-15(14)24-2)8-10-19-17(22)20-13-5-3-4-9-18-16(13)21/h6-7,11,13H,3-5,8-10H2,1-2H3,(H,18,21)(H2,19,20,22)/t13-/m1/s1. The molecule has 1 aromatic rings. The Balaban J connectivity index is 1.79. The highest BCUT2D eigenvalue weighted by atomic mass is 16.5. The fourth-order valence-electron chi connectivity index (χ4n) is 2.64. The molecule has 1 saturated heterocycles. The van der Waals surface area contributed by atoms with Crippen LogP contribution in [-0.4, -0.2) is 45.3 Å². The van der Waals surface area contributed by atoms with E-state index >= 15 is 0 Å². The number of benzene rings is 1. The molecule has 1 aliphatic rings. The lowest BCUT2D eigenvalue weighted by Crippen LogP contribution is -2.49. The van der Waals surface area contributed by atoms with Crippen molar-refractivity contribution < 1.29 is 19.1 Å². The van der Waals surface area contributed by atoms with E-state index in [2.05, 4.69) is 16.0 Å². The summed E-state index contributed by atoms with van der Waals surface area (Å²) in [5, 5.41) is 8.31. The second-order valence-corrected chi connectivity index (χ2v) is 5.68. The van der Waals surface area contributed by atoms with Gasteiger partial charge < -0.3 is 25.4 Å². The molecule has 132 valence electrons.